The quantitative estimate of drug-likeness (QED) is 0.0487. The van der Waals surface area contributed by atoms with Crippen LogP contribution in [0.15, 0.2) is 144 Å². The fourth-order valence-electron chi connectivity index (χ4n) is 6.13. The molecule has 0 spiro atoms. The van der Waals surface area contributed by atoms with E-state index in [1.54, 1.807) is 30.5 Å². The average Bonchev–Trinajstić information content (AvgIpc) is 3.34. The van der Waals surface area contributed by atoms with Crippen LogP contribution in [0.2, 0.25) is 10.0 Å². The average molecular weight is 963 g/mol. The third-order valence-electron chi connectivity index (χ3n) is 9.41. The van der Waals surface area contributed by atoms with Gasteiger partial charge in [0.25, 0.3) is 11.8 Å². The number of pyridine rings is 2. The number of amides is 2. The molecule has 13 nitrogen and oxygen atoms in total. The van der Waals surface area contributed by atoms with Crippen LogP contribution in [0.5, 0.6) is 11.8 Å². The molecular formula is C48H48Cl4N6O7. The van der Waals surface area contributed by atoms with E-state index in [1.165, 1.54) is 40.1 Å². The number of aliphatic hydroxyl groups is 1. The summed E-state index contributed by atoms with van der Waals surface area (Å²) in [5.74, 6) is -0.0490. The van der Waals surface area contributed by atoms with Gasteiger partial charge in [0.05, 0.1) is 5.34 Å². The summed E-state index contributed by atoms with van der Waals surface area (Å²) < 4.78 is 11.7. The molecule has 0 radical (unpaired) electrons. The maximum atomic E-state index is 12.2. The van der Waals surface area contributed by atoms with E-state index in [1.807, 2.05) is 84.9 Å². The number of rotatable bonds is 16. The third kappa shape index (κ3) is 14.9. The molecule has 0 aliphatic rings. The number of likely N-dealkylation sites (N-methyl/N-ethyl adjacent to an activating group) is 2. The molecule has 17 heteroatoms. The Bertz CT molecular complexity index is 2340. The second kappa shape index (κ2) is 27.2. The number of hydrogen-bond acceptors (Lipinski definition) is 11. The molecule has 2 unspecified atom stereocenters. The first-order valence-corrected chi connectivity index (χ1v) is 21.6. The second-order valence-corrected chi connectivity index (χ2v) is 15.1. The van der Waals surface area contributed by atoms with Crippen LogP contribution in [0.1, 0.15) is 63.5 Å². The largest absolute Gasteiger partial charge is 0.472 e. The zero-order chi connectivity index (χ0) is 47.1. The lowest BCUT2D eigenvalue weighted by atomic mass is 9.95. The van der Waals surface area contributed by atoms with Gasteiger partial charge in [0.2, 0.25) is 11.8 Å². The maximum absolute atomic E-state index is 12.2. The monoisotopic (exact) mass is 960 g/mol. The fraction of sp³-hybridized carbons (Fsp3) is 0.208. The first-order chi connectivity index (χ1) is 31.5. The van der Waals surface area contributed by atoms with E-state index in [4.69, 9.17) is 65.6 Å². The summed E-state index contributed by atoms with van der Waals surface area (Å²) in [5, 5.41) is 24.2. The molecule has 0 bridgehead atoms. The normalized spacial score (nSPS) is 11.9. The molecule has 0 fully saturated rings. The highest BCUT2D eigenvalue weighted by Gasteiger charge is 2.20. The smallest absolute Gasteiger partial charge is 0.273 e. The number of aliphatic hydroxyl groups excluding tert-OH is 1. The van der Waals surface area contributed by atoms with Gasteiger partial charge in [-0.25, -0.2) is 9.97 Å². The molecule has 0 aliphatic heterocycles. The van der Waals surface area contributed by atoms with E-state index >= 15 is 0 Å². The number of benzene rings is 4. The zero-order valence-corrected chi connectivity index (χ0v) is 39.2. The number of nitrogens with one attached hydrogen (secondary N) is 2. The molecule has 2 aromatic heterocycles. The van der Waals surface area contributed by atoms with Gasteiger partial charge in [0.15, 0.2) is 11.4 Å². The van der Waals surface area contributed by atoms with Crippen molar-refractivity contribution in [1.82, 2.24) is 20.6 Å². The molecule has 6 aromatic rings. The summed E-state index contributed by atoms with van der Waals surface area (Å²) in [6.07, 6.45) is 2.45. The van der Waals surface area contributed by atoms with E-state index in [0.717, 1.165) is 16.7 Å². The van der Waals surface area contributed by atoms with Gasteiger partial charge in [0, 0.05) is 49.1 Å². The van der Waals surface area contributed by atoms with Gasteiger partial charge in [0.1, 0.15) is 43.6 Å². The van der Waals surface area contributed by atoms with Crippen LogP contribution in [0, 0.1) is 0 Å². The lowest BCUT2D eigenvalue weighted by Crippen LogP contribution is -2.29. The number of carbonyl (C=O) groups excluding carboxylic acids is 2. The summed E-state index contributed by atoms with van der Waals surface area (Å²) in [4.78, 5) is 42.7. The molecule has 6 rings (SSSR count). The molecule has 2 heterocycles. The van der Waals surface area contributed by atoms with Crippen LogP contribution in [-0.2, 0) is 32.5 Å². The first-order valence-electron chi connectivity index (χ1n) is 19.8. The maximum Gasteiger partial charge on any atom is 0.273 e. The van der Waals surface area contributed by atoms with Crippen molar-refractivity contribution in [1.29, 1.82) is 0 Å². The van der Waals surface area contributed by atoms with E-state index in [2.05, 4.69) is 50.0 Å². The minimum atomic E-state index is -0.846. The second-order valence-electron chi connectivity index (χ2n) is 13.5. The molecule has 4 aromatic carbocycles. The zero-order valence-electron chi connectivity index (χ0n) is 36.2. The molecule has 0 saturated carbocycles. The summed E-state index contributed by atoms with van der Waals surface area (Å²) in [6.45, 7) is 2.37. The highest BCUT2D eigenvalue weighted by atomic mass is 35.5. The molecule has 3 N–H and O–H groups in total. The molecule has 2 atom stereocenters. The van der Waals surface area contributed by atoms with Crippen molar-refractivity contribution < 1.29 is 33.8 Å². The van der Waals surface area contributed by atoms with Gasteiger partial charge >= 0.3 is 0 Å². The minimum absolute atomic E-state index is 0.100. The number of ether oxygens (including phenoxy) is 2. The van der Waals surface area contributed by atoms with Crippen LogP contribution in [0.4, 0.5) is 0 Å². The number of aromatic nitrogens is 2. The van der Waals surface area contributed by atoms with E-state index in [-0.39, 0.29) is 58.6 Å². The predicted octanol–water partition coefficient (Wildman–Crippen LogP) is 9.48. The van der Waals surface area contributed by atoms with Crippen LogP contribution in [-0.4, -0.2) is 72.0 Å². The minimum Gasteiger partial charge on any atom is -0.472 e. The molecule has 65 heavy (non-hydrogen) atoms. The third-order valence-corrected chi connectivity index (χ3v) is 9.95. The number of alkyl halides is 2. The highest BCUT2D eigenvalue weighted by Crippen LogP contribution is 2.31. The van der Waals surface area contributed by atoms with Gasteiger partial charge in [-0.05, 0) is 39.9 Å². The van der Waals surface area contributed by atoms with Crippen molar-refractivity contribution in [3.05, 3.63) is 188 Å². The van der Waals surface area contributed by atoms with Crippen LogP contribution >= 0.6 is 46.4 Å². The SMILES string of the molecule is CNC(=O)/C(=N/OC)c1ccccc1COc1ncc(C(C)c2ccccc2)cc1Cl.CNC(=O)/C(=N/OC)c1ccccc1COc1ncc(C(O)c2ccccc2)cc1Cl.ClCCl. The topological polar surface area (TPSA) is 166 Å². The van der Waals surface area contributed by atoms with Crippen molar-refractivity contribution in [2.75, 3.05) is 33.7 Å². The number of halogens is 4. The Kier molecular flexibility index (Phi) is 21.5. The number of carbonyl (C=O) groups is 2. The van der Waals surface area contributed by atoms with Gasteiger partial charge < -0.3 is 34.9 Å². The van der Waals surface area contributed by atoms with E-state index in [0.29, 0.717) is 33.2 Å². The Morgan fingerprint density at radius 1 is 0.615 bits per heavy atom. The van der Waals surface area contributed by atoms with Gasteiger partial charge in [-0.15, -0.1) is 23.2 Å². The van der Waals surface area contributed by atoms with Crippen molar-refractivity contribution >= 4 is 69.6 Å². The summed E-state index contributed by atoms with van der Waals surface area (Å²) >= 11 is 22.3. The van der Waals surface area contributed by atoms with Crippen LogP contribution in [0.3, 0.4) is 0 Å². The standard InChI is InChI=1S/C24H24ClN3O3.C23H22ClN3O4.CH2Cl2/c1-16(17-9-5-4-6-10-17)19-13-21(25)24(27-14-19)31-15-18-11-7-8-12-20(18)22(28-30-3)23(29)26-2;1-25-22(29)20(27-30-2)18-11-7-6-10-16(18)14-31-23-19(24)12-17(13-26-23)21(28)15-8-4-3-5-9-15;2-1-3/h4-14,16H,15H2,1-3H3,(H,26,29);3-13,21,28H,14H2,1-2H3,(H,25,29);1H2/b28-22+;27-20+;. The van der Waals surface area contributed by atoms with Crippen LogP contribution in [0.25, 0.3) is 0 Å². The number of oxime groups is 2. The molecule has 0 saturated heterocycles. The summed E-state index contributed by atoms with van der Waals surface area (Å²) in [7, 11) is 5.82. The molecular weight excluding hydrogens is 914 g/mol. The Morgan fingerprint density at radius 2 is 1.00 bits per heavy atom. The van der Waals surface area contributed by atoms with Gasteiger partial charge in [-0.2, -0.15) is 0 Å². The first kappa shape index (κ1) is 51.4. The molecule has 2 amide bonds. The predicted molar refractivity (Wildman–Crippen MR) is 256 cm³/mol. The van der Waals surface area contributed by atoms with E-state index in [9.17, 15) is 14.7 Å². The Labute approximate surface area is 398 Å². The fourth-order valence-corrected chi connectivity index (χ4v) is 6.59. The summed E-state index contributed by atoms with van der Waals surface area (Å²) in [5.41, 5.74) is 6.39. The Hall–Kier alpha value is -6.22. The molecule has 340 valence electrons. The molecule has 0 aliphatic carbocycles. The van der Waals surface area contributed by atoms with E-state index < -0.39 is 6.10 Å². The van der Waals surface area contributed by atoms with Gasteiger partial charge in [-0.3, -0.25) is 9.59 Å². The van der Waals surface area contributed by atoms with Crippen molar-refractivity contribution in [2.24, 2.45) is 10.3 Å². The van der Waals surface area contributed by atoms with Crippen LogP contribution < -0.4 is 20.1 Å². The highest BCUT2D eigenvalue weighted by molar-refractivity contribution is 6.46. The van der Waals surface area contributed by atoms with Crippen molar-refractivity contribution in [3.8, 4) is 11.8 Å². The Balaban J connectivity index is 0.000000268. The van der Waals surface area contributed by atoms with Gasteiger partial charge in [-0.1, -0.05) is 150 Å². The van der Waals surface area contributed by atoms with Crippen molar-refractivity contribution in [3.63, 3.8) is 0 Å². The number of hydrogen-bond donors (Lipinski definition) is 3. The number of nitrogens with zero attached hydrogens (tertiary/aromatic N) is 4. The summed E-state index contributed by atoms with van der Waals surface area (Å²) in [6, 6.07) is 37.4. The lowest BCUT2D eigenvalue weighted by Gasteiger charge is -2.15. The lowest BCUT2D eigenvalue weighted by molar-refractivity contribution is -0.115. The Morgan fingerprint density at radius 3 is 1.42 bits per heavy atom. The van der Waals surface area contributed by atoms with Crippen molar-refractivity contribution in [2.45, 2.75) is 32.2 Å².